The van der Waals surface area contributed by atoms with Gasteiger partial charge in [0.25, 0.3) is 0 Å². The lowest BCUT2D eigenvalue weighted by Gasteiger charge is -2.10. The van der Waals surface area contributed by atoms with Crippen molar-refractivity contribution in [1.29, 1.82) is 0 Å². The molecule has 0 fully saturated rings. The number of aryl methyl sites for hydroxylation is 1. The molecule has 1 heterocycles. The third-order valence-corrected chi connectivity index (χ3v) is 2.99. The van der Waals surface area contributed by atoms with Gasteiger partial charge in [-0.1, -0.05) is 35.5 Å². The van der Waals surface area contributed by atoms with Crippen LogP contribution in [0.15, 0.2) is 34.9 Å². The van der Waals surface area contributed by atoms with Crippen LogP contribution in [0, 0.1) is 0 Å². The number of benzene rings is 1. The van der Waals surface area contributed by atoms with E-state index in [0.717, 1.165) is 5.56 Å². The van der Waals surface area contributed by atoms with E-state index < -0.39 is 6.04 Å². The Balaban J connectivity index is 2.33. The molecular formula is C11H11BrN4O. The second-order valence-electron chi connectivity index (χ2n) is 3.61. The SMILES string of the molecule is Cn1nnc(Br)c1C(=O)[C@H](N)c1ccccc1. The summed E-state index contributed by atoms with van der Waals surface area (Å²) in [6.07, 6.45) is 0. The number of nitrogens with zero attached hydrogens (tertiary/aromatic N) is 3. The molecule has 0 bridgehead atoms. The molecule has 0 spiro atoms. The van der Waals surface area contributed by atoms with Crippen LogP contribution in [0.4, 0.5) is 0 Å². The summed E-state index contributed by atoms with van der Waals surface area (Å²) in [4.78, 5) is 12.2. The summed E-state index contributed by atoms with van der Waals surface area (Å²) in [6.45, 7) is 0. The average molecular weight is 295 g/mol. The van der Waals surface area contributed by atoms with Gasteiger partial charge in [0.05, 0.1) is 6.04 Å². The Labute approximate surface area is 107 Å². The van der Waals surface area contributed by atoms with Gasteiger partial charge in [0, 0.05) is 7.05 Å². The quantitative estimate of drug-likeness (QED) is 0.870. The summed E-state index contributed by atoms with van der Waals surface area (Å²) in [5.74, 6) is -0.212. The van der Waals surface area contributed by atoms with Gasteiger partial charge >= 0.3 is 0 Å². The summed E-state index contributed by atoms with van der Waals surface area (Å²) in [7, 11) is 1.66. The second kappa shape index (κ2) is 4.77. The zero-order valence-corrected chi connectivity index (χ0v) is 10.8. The molecule has 88 valence electrons. The van der Waals surface area contributed by atoms with Crippen molar-refractivity contribution in [3.63, 3.8) is 0 Å². The fourth-order valence-electron chi connectivity index (χ4n) is 1.55. The van der Waals surface area contributed by atoms with Crippen molar-refractivity contribution < 1.29 is 4.79 Å². The Morgan fingerprint density at radius 3 is 2.59 bits per heavy atom. The highest BCUT2D eigenvalue weighted by molar-refractivity contribution is 9.10. The van der Waals surface area contributed by atoms with Gasteiger partial charge in [0.1, 0.15) is 5.69 Å². The Kier molecular flexibility index (Phi) is 3.35. The Hall–Kier alpha value is -1.53. The number of ketones is 1. The summed E-state index contributed by atoms with van der Waals surface area (Å²) in [5.41, 5.74) is 7.07. The number of Topliss-reactive ketones (excluding diaryl/α,β-unsaturated/α-hetero) is 1. The Bertz CT molecular complexity index is 518. The molecule has 0 unspecified atom stereocenters. The second-order valence-corrected chi connectivity index (χ2v) is 4.36. The molecule has 5 nitrogen and oxygen atoms in total. The van der Waals surface area contributed by atoms with Gasteiger partial charge in [-0.3, -0.25) is 4.79 Å². The summed E-state index contributed by atoms with van der Waals surface area (Å²) in [5, 5.41) is 7.52. The van der Waals surface area contributed by atoms with Crippen molar-refractivity contribution in [2.24, 2.45) is 12.8 Å². The number of halogens is 1. The minimum Gasteiger partial charge on any atom is -0.317 e. The van der Waals surface area contributed by atoms with Crippen LogP contribution in [0.5, 0.6) is 0 Å². The van der Waals surface area contributed by atoms with Crippen molar-refractivity contribution in [2.45, 2.75) is 6.04 Å². The van der Waals surface area contributed by atoms with E-state index in [0.29, 0.717) is 10.3 Å². The van der Waals surface area contributed by atoms with Crippen LogP contribution in [0.25, 0.3) is 0 Å². The first-order chi connectivity index (χ1) is 8.11. The number of nitrogens with two attached hydrogens (primary N) is 1. The smallest absolute Gasteiger partial charge is 0.204 e. The normalized spacial score (nSPS) is 12.4. The third kappa shape index (κ3) is 2.27. The van der Waals surface area contributed by atoms with E-state index in [1.807, 2.05) is 30.3 Å². The van der Waals surface area contributed by atoms with Crippen LogP contribution in [0.2, 0.25) is 0 Å². The minimum absolute atomic E-state index is 0.212. The van der Waals surface area contributed by atoms with Crippen LogP contribution in [-0.2, 0) is 7.05 Å². The van der Waals surface area contributed by atoms with Gasteiger partial charge < -0.3 is 5.73 Å². The maximum atomic E-state index is 12.2. The molecule has 0 radical (unpaired) electrons. The van der Waals surface area contributed by atoms with Crippen molar-refractivity contribution in [3.8, 4) is 0 Å². The first kappa shape index (κ1) is 11.9. The number of carbonyl (C=O) groups excluding carboxylic acids is 1. The zero-order valence-electron chi connectivity index (χ0n) is 9.17. The largest absolute Gasteiger partial charge is 0.317 e. The lowest BCUT2D eigenvalue weighted by atomic mass is 10.0. The van der Waals surface area contributed by atoms with E-state index in [1.165, 1.54) is 4.68 Å². The number of aromatic nitrogens is 3. The average Bonchev–Trinajstić information content (AvgIpc) is 2.68. The topological polar surface area (TPSA) is 73.8 Å². The molecule has 0 aliphatic heterocycles. The van der Waals surface area contributed by atoms with Gasteiger partial charge in [-0.2, -0.15) is 0 Å². The van der Waals surface area contributed by atoms with E-state index in [9.17, 15) is 4.79 Å². The highest BCUT2D eigenvalue weighted by Crippen LogP contribution is 2.20. The number of carbonyl (C=O) groups is 1. The highest BCUT2D eigenvalue weighted by atomic mass is 79.9. The fourth-order valence-corrected chi connectivity index (χ4v) is 2.08. The van der Waals surface area contributed by atoms with E-state index in [2.05, 4.69) is 26.2 Å². The van der Waals surface area contributed by atoms with Gasteiger partial charge in [0.15, 0.2) is 4.60 Å². The molecule has 0 saturated heterocycles. The van der Waals surface area contributed by atoms with Gasteiger partial charge in [-0.15, -0.1) is 5.10 Å². The van der Waals surface area contributed by atoms with E-state index >= 15 is 0 Å². The molecule has 2 aromatic rings. The van der Waals surface area contributed by atoms with Gasteiger partial charge in [-0.05, 0) is 21.5 Å². The molecule has 2 N–H and O–H groups in total. The van der Waals surface area contributed by atoms with Gasteiger partial charge in [-0.25, -0.2) is 4.68 Å². The monoisotopic (exact) mass is 294 g/mol. The zero-order chi connectivity index (χ0) is 12.4. The predicted octanol–water partition coefficient (Wildman–Crippen LogP) is 1.46. The molecule has 0 aliphatic rings. The first-order valence-corrected chi connectivity index (χ1v) is 5.80. The molecule has 1 atom stereocenters. The summed E-state index contributed by atoms with van der Waals surface area (Å²) >= 11 is 3.19. The Morgan fingerprint density at radius 2 is 2.06 bits per heavy atom. The van der Waals surface area contributed by atoms with Crippen LogP contribution in [0.3, 0.4) is 0 Å². The third-order valence-electron chi connectivity index (χ3n) is 2.46. The van der Waals surface area contributed by atoms with Crippen LogP contribution in [-0.4, -0.2) is 20.8 Å². The van der Waals surface area contributed by atoms with E-state index in [-0.39, 0.29) is 5.78 Å². The lowest BCUT2D eigenvalue weighted by molar-refractivity contribution is 0.0951. The van der Waals surface area contributed by atoms with E-state index in [4.69, 9.17) is 5.73 Å². The van der Waals surface area contributed by atoms with Crippen molar-refractivity contribution in [1.82, 2.24) is 15.0 Å². The van der Waals surface area contributed by atoms with Crippen LogP contribution in [0.1, 0.15) is 22.1 Å². The molecule has 6 heteroatoms. The van der Waals surface area contributed by atoms with Gasteiger partial charge in [0.2, 0.25) is 5.78 Å². The molecule has 0 aliphatic carbocycles. The first-order valence-electron chi connectivity index (χ1n) is 5.01. The molecule has 1 aromatic carbocycles. The lowest BCUT2D eigenvalue weighted by Crippen LogP contribution is -2.24. The van der Waals surface area contributed by atoms with Crippen molar-refractivity contribution in [2.75, 3.05) is 0 Å². The molecule has 17 heavy (non-hydrogen) atoms. The van der Waals surface area contributed by atoms with Crippen LogP contribution >= 0.6 is 15.9 Å². The molecule has 2 rings (SSSR count). The molecular weight excluding hydrogens is 284 g/mol. The minimum atomic E-state index is -0.704. The molecule has 1 aromatic heterocycles. The number of rotatable bonds is 3. The van der Waals surface area contributed by atoms with Crippen molar-refractivity contribution >= 4 is 21.7 Å². The summed E-state index contributed by atoms with van der Waals surface area (Å²) in [6, 6.07) is 8.51. The van der Waals surface area contributed by atoms with E-state index in [1.54, 1.807) is 7.05 Å². The standard InChI is InChI=1S/C11H11BrN4O/c1-16-9(11(12)14-15-16)10(17)8(13)7-5-3-2-4-6-7/h2-6,8H,13H2,1H3/t8-/m1/s1. The maximum Gasteiger partial charge on any atom is 0.204 e. The highest BCUT2D eigenvalue weighted by Gasteiger charge is 2.24. The number of hydrogen-bond acceptors (Lipinski definition) is 4. The fraction of sp³-hybridized carbons (Fsp3) is 0.182. The van der Waals surface area contributed by atoms with Crippen LogP contribution < -0.4 is 5.73 Å². The Morgan fingerprint density at radius 1 is 1.41 bits per heavy atom. The summed E-state index contributed by atoms with van der Waals surface area (Å²) < 4.78 is 1.83. The number of hydrogen-bond donors (Lipinski definition) is 1. The maximum absolute atomic E-state index is 12.2. The molecule has 0 saturated carbocycles. The van der Waals surface area contributed by atoms with Crippen molar-refractivity contribution in [3.05, 3.63) is 46.2 Å². The molecule has 0 amide bonds. The predicted molar refractivity (Wildman–Crippen MR) is 66.4 cm³/mol.